The normalized spacial score (nSPS) is 18.1. The van der Waals surface area contributed by atoms with Crippen LogP contribution in [-0.2, 0) is 16.9 Å². The molecule has 1 aliphatic heterocycles. The predicted molar refractivity (Wildman–Crippen MR) is 116 cm³/mol. The Labute approximate surface area is 182 Å². The predicted octanol–water partition coefficient (Wildman–Crippen LogP) is 3.59. The molecule has 0 bridgehead atoms. The summed E-state index contributed by atoms with van der Waals surface area (Å²) in [6.07, 6.45) is 3.35. The molecule has 160 valence electrons. The molecule has 0 unspecified atom stereocenters. The molecule has 3 heterocycles. The van der Waals surface area contributed by atoms with Gasteiger partial charge in [0.05, 0.1) is 6.54 Å². The molecule has 8 heteroatoms. The van der Waals surface area contributed by atoms with E-state index < -0.39 is 23.3 Å². The minimum atomic E-state index is -1.44. The number of nitrogens with zero attached hydrogens (tertiary/aromatic N) is 2. The van der Waals surface area contributed by atoms with E-state index in [0.29, 0.717) is 16.3 Å². The molecular formula is C24H19FN4O3. The summed E-state index contributed by atoms with van der Waals surface area (Å²) in [7, 11) is 0. The van der Waals surface area contributed by atoms with Gasteiger partial charge in [0.15, 0.2) is 11.4 Å². The first-order chi connectivity index (χ1) is 15.4. The molecule has 0 spiro atoms. The molecule has 1 atom stereocenters. The Bertz CT molecular complexity index is 1380. The average molecular weight is 430 g/mol. The van der Waals surface area contributed by atoms with Gasteiger partial charge >= 0.3 is 6.03 Å². The number of halogens is 1. The Morgan fingerprint density at radius 1 is 1.06 bits per heavy atom. The Hall–Kier alpha value is -4.20. The fourth-order valence-electron chi connectivity index (χ4n) is 4.16. The van der Waals surface area contributed by atoms with E-state index in [0.717, 1.165) is 16.8 Å². The van der Waals surface area contributed by atoms with Crippen molar-refractivity contribution >= 4 is 22.7 Å². The van der Waals surface area contributed by atoms with Crippen molar-refractivity contribution in [1.82, 2.24) is 20.2 Å². The van der Waals surface area contributed by atoms with Gasteiger partial charge in [-0.3, -0.25) is 15.1 Å². The number of benzene rings is 2. The molecule has 2 aromatic carbocycles. The molecule has 32 heavy (non-hydrogen) atoms. The minimum Gasteiger partial charge on any atom is -0.494 e. The zero-order valence-electron chi connectivity index (χ0n) is 17.1. The Morgan fingerprint density at radius 2 is 1.84 bits per heavy atom. The number of aromatic hydroxyl groups is 1. The molecule has 1 aliphatic rings. The summed E-state index contributed by atoms with van der Waals surface area (Å²) in [4.78, 5) is 29.2. The molecule has 4 aromatic rings. The number of urea groups is 1. The van der Waals surface area contributed by atoms with Gasteiger partial charge in [-0.05, 0) is 53.9 Å². The summed E-state index contributed by atoms with van der Waals surface area (Å²) in [5.74, 6) is -1.19. The van der Waals surface area contributed by atoms with Crippen molar-refractivity contribution in [1.29, 1.82) is 0 Å². The molecule has 0 aliphatic carbocycles. The van der Waals surface area contributed by atoms with E-state index in [2.05, 4.69) is 15.6 Å². The number of rotatable bonds is 4. The SMILES string of the molecule is Cc1cc(-c2ccc([C@@]3(Cn4cc5ccc(F)cc5c4O)NC(=O)NC3=O)cc2)ccn1. The first-order valence-corrected chi connectivity index (χ1v) is 10.0. The Kier molecular flexibility index (Phi) is 4.44. The van der Waals surface area contributed by atoms with Crippen molar-refractivity contribution in [3.05, 3.63) is 84.1 Å². The van der Waals surface area contributed by atoms with Crippen LogP contribution in [0.4, 0.5) is 9.18 Å². The molecular weight excluding hydrogens is 411 g/mol. The van der Waals surface area contributed by atoms with Crippen molar-refractivity contribution in [2.24, 2.45) is 0 Å². The monoisotopic (exact) mass is 430 g/mol. The summed E-state index contributed by atoms with van der Waals surface area (Å²) in [6, 6.07) is 14.6. The number of carbonyl (C=O) groups excluding carboxylic acids is 2. The number of amides is 3. The number of carbonyl (C=O) groups is 2. The summed E-state index contributed by atoms with van der Waals surface area (Å²) < 4.78 is 15.1. The second-order valence-corrected chi connectivity index (χ2v) is 7.89. The van der Waals surface area contributed by atoms with Crippen LogP contribution < -0.4 is 10.6 Å². The van der Waals surface area contributed by atoms with E-state index in [1.165, 1.54) is 16.7 Å². The van der Waals surface area contributed by atoms with Crippen molar-refractivity contribution < 1.29 is 19.1 Å². The van der Waals surface area contributed by atoms with Crippen LogP contribution in [-0.4, -0.2) is 26.6 Å². The second kappa shape index (κ2) is 7.19. The summed E-state index contributed by atoms with van der Waals surface area (Å²) in [6.45, 7) is 1.84. The van der Waals surface area contributed by atoms with E-state index in [-0.39, 0.29) is 12.4 Å². The molecule has 0 radical (unpaired) electrons. The van der Waals surface area contributed by atoms with Crippen LogP contribution in [0.3, 0.4) is 0 Å². The van der Waals surface area contributed by atoms with Crippen LogP contribution in [0, 0.1) is 12.7 Å². The molecule has 7 nitrogen and oxygen atoms in total. The highest BCUT2D eigenvalue weighted by molar-refractivity contribution is 6.07. The largest absolute Gasteiger partial charge is 0.494 e. The highest BCUT2D eigenvalue weighted by Crippen LogP contribution is 2.34. The van der Waals surface area contributed by atoms with Crippen LogP contribution in [0.5, 0.6) is 5.88 Å². The number of aromatic nitrogens is 2. The van der Waals surface area contributed by atoms with Crippen molar-refractivity contribution in [3.63, 3.8) is 0 Å². The maximum absolute atomic E-state index is 13.6. The fraction of sp³-hybridized carbons (Fsp3) is 0.125. The van der Waals surface area contributed by atoms with Crippen molar-refractivity contribution in [3.8, 4) is 17.0 Å². The maximum atomic E-state index is 13.6. The topological polar surface area (TPSA) is 96.2 Å². The van der Waals surface area contributed by atoms with Crippen molar-refractivity contribution in [2.45, 2.75) is 19.0 Å². The quantitative estimate of drug-likeness (QED) is 0.431. The molecule has 1 saturated heterocycles. The van der Waals surface area contributed by atoms with Crippen LogP contribution in [0.15, 0.2) is 67.0 Å². The van der Waals surface area contributed by atoms with Gasteiger partial charge in [0.25, 0.3) is 5.91 Å². The van der Waals surface area contributed by atoms with Gasteiger partial charge in [-0.15, -0.1) is 0 Å². The van der Waals surface area contributed by atoms with Gasteiger partial charge in [-0.2, -0.15) is 0 Å². The summed E-state index contributed by atoms with van der Waals surface area (Å²) in [5, 5.41) is 16.6. The molecule has 0 saturated carbocycles. The third kappa shape index (κ3) is 3.17. The van der Waals surface area contributed by atoms with Crippen molar-refractivity contribution in [2.75, 3.05) is 0 Å². The number of hydrogen-bond acceptors (Lipinski definition) is 4. The zero-order valence-corrected chi connectivity index (χ0v) is 17.1. The molecule has 2 aromatic heterocycles. The summed E-state index contributed by atoms with van der Waals surface area (Å²) >= 11 is 0. The van der Waals surface area contributed by atoms with Crippen LogP contribution in [0.2, 0.25) is 0 Å². The lowest BCUT2D eigenvalue weighted by atomic mass is 9.88. The average Bonchev–Trinajstić information content (AvgIpc) is 3.24. The number of nitrogens with one attached hydrogen (secondary N) is 2. The van der Waals surface area contributed by atoms with Gasteiger partial charge in [0.1, 0.15) is 5.82 Å². The standard InChI is InChI=1S/C24H19FN4O3/c1-14-10-16(8-9-26-14)15-2-5-18(6-3-15)24(22(31)27-23(32)28-24)13-29-12-17-4-7-19(25)11-20(17)21(29)30/h2-12,30H,13H2,1H3,(H2,27,28,31,32)/t24-/m1/s1. The lowest BCUT2D eigenvalue weighted by molar-refractivity contribution is -0.124. The Morgan fingerprint density at radius 3 is 2.53 bits per heavy atom. The van der Waals surface area contributed by atoms with E-state index in [1.807, 2.05) is 31.2 Å². The number of fused-ring (bicyclic) bond motifs is 1. The van der Waals surface area contributed by atoms with Crippen LogP contribution in [0.1, 0.15) is 11.3 Å². The van der Waals surface area contributed by atoms with Gasteiger partial charge < -0.3 is 15.0 Å². The minimum absolute atomic E-state index is 0.0690. The van der Waals surface area contributed by atoms with Crippen LogP contribution in [0.25, 0.3) is 21.9 Å². The van der Waals surface area contributed by atoms with E-state index >= 15 is 0 Å². The first-order valence-electron chi connectivity index (χ1n) is 10.0. The highest BCUT2D eigenvalue weighted by atomic mass is 19.1. The highest BCUT2D eigenvalue weighted by Gasteiger charge is 2.48. The van der Waals surface area contributed by atoms with Gasteiger partial charge in [0.2, 0.25) is 0 Å². The maximum Gasteiger partial charge on any atom is 0.322 e. The van der Waals surface area contributed by atoms with E-state index in [9.17, 15) is 19.1 Å². The van der Waals surface area contributed by atoms with Gasteiger partial charge in [0, 0.05) is 28.9 Å². The van der Waals surface area contributed by atoms with E-state index in [1.54, 1.807) is 30.6 Å². The van der Waals surface area contributed by atoms with Gasteiger partial charge in [-0.25, -0.2) is 9.18 Å². The third-order valence-corrected chi connectivity index (χ3v) is 5.78. The number of imide groups is 1. The molecule has 3 amide bonds. The summed E-state index contributed by atoms with van der Waals surface area (Å²) in [5.41, 5.74) is 1.92. The molecule has 5 rings (SSSR count). The number of pyridine rings is 1. The lowest BCUT2D eigenvalue weighted by Crippen LogP contribution is -2.47. The molecule has 1 fully saturated rings. The first kappa shape index (κ1) is 19.7. The van der Waals surface area contributed by atoms with Crippen LogP contribution >= 0.6 is 0 Å². The lowest BCUT2D eigenvalue weighted by Gasteiger charge is -2.27. The molecule has 3 N–H and O–H groups in total. The fourth-order valence-corrected chi connectivity index (χ4v) is 4.16. The third-order valence-electron chi connectivity index (χ3n) is 5.78. The zero-order chi connectivity index (χ0) is 22.5. The number of hydrogen-bond donors (Lipinski definition) is 3. The Balaban J connectivity index is 1.57. The second-order valence-electron chi connectivity index (χ2n) is 7.89. The number of aryl methyl sites for hydroxylation is 1. The van der Waals surface area contributed by atoms with E-state index in [4.69, 9.17) is 0 Å². The van der Waals surface area contributed by atoms with Gasteiger partial charge in [-0.1, -0.05) is 24.3 Å². The smallest absolute Gasteiger partial charge is 0.322 e.